The number of imide groups is 2. The molecule has 2 heterocycles. The first-order chi connectivity index (χ1) is 18.4. The molecule has 188 valence electrons. The van der Waals surface area contributed by atoms with Crippen LogP contribution in [0.25, 0.3) is 0 Å². The van der Waals surface area contributed by atoms with Crippen LogP contribution >= 0.6 is 23.2 Å². The smallest absolute Gasteiger partial charge is 0.239 e. The SMILES string of the molecule is O=C1[C@@H]2C3C=CC(c4ccccc4)([C@@H]4C(=O)N(c5ccccc5Cl)C(=O)[C@@H]34)[C@H]2C(=O)N1c1ccccc1Cl. The Morgan fingerprint density at radius 1 is 0.579 bits per heavy atom. The normalized spacial score (nSPS) is 31.3. The fourth-order valence-corrected chi connectivity index (χ4v) is 7.66. The summed E-state index contributed by atoms with van der Waals surface area (Å²) in [4.78, 5) is 58.8. The van der Waals surface area contributed by atoms with E-state index in [9.17, 15) is 19.2 Å². The molecule has 0 radical (unpaired) electrons. The van der Waals surface area contributed by atoms with Gasteiger partial charge in [0.1, 0.15) is 0 Å². The molecule has 3 aliphatic carbocycles. The predicted molar refractivity (Wildman–Crippen MR) is 143 cm³/mol. The Hall–Kier alpha value is -3.74. The molecule has 0 aromatic heterocycles. The highest BCUT2D eigenvalue weighted by atomic mass is 35.5. The summed E-state index contributed by atoms with van der Waals surface area (Å²) in [5.74, 6) is -5.62. The van der Waals surface area contributed by atoms with Crippen molar-refractivity contribution in [3.63, 3.8) is 0 Å². The Morgan fingerprint density at radius 2 is 1.03 bits per heavy atom. The maximum absolute atomic E-state index is 14.2. The van der Waals surface area contributed by atoms with E-state index in [2.05, 4.69) is 0 Å². The summed E-state index contributed by atoms with van der Waals surface area (Å²) in [6.45, 7) is 0. The van der Waals surface area contributed by atoms with Gasteiger partial charge in [-0.1, -0.05) is 90.0 Å². The lowest BCUT2D eigenvalue weighted by atomic mass is 9.45. The number of hydrogen-bond donors (Lipinski definition) is 0. The lowest BCUT2D eigenvalue weighted by Crippen LogP contribution is -2.60. The predicted octanol–water partition coefficient (Wildman–Crippen LogP) is 5.04. The first-order valence-electron chi connectivity index (χ1n) is 12.4. The number of para-hydroxylation sites is 2. The van der Waals surface area contributed by atoms with E-state index in [1.165, 1.54) is 0 Å². The number of benzene rings is 3. The number of carbonyl (C=O) groups is 4. The van der Waals surface area contributed by atoms with Crippen molar-refractivity contribution in [1.29, 1.82) is 0 Å². The summed E-state index contributed by atoms with van der Waals surface area (Å²) in [5, 5.41) is 0.554. The number of carbonyl (C=O) groups excluding carboxylic acids is 4. The summed E-state index contributed by atoms with van der Waals surface area (Å²) < 4.78 is 0. The minimum Gasteiger partial charge on any atom is -0.274 e. The van der Waals surface area contributed by atoms with E-state index in [1.807, 2.05) is 42.5 Å². The fourth-order valence-electron chi connectivity index (χ4n) is 7.22. The average molecular weight is 543 g/mol. The molecule has 38 heavy (non-hydrogen) atoms. The number of halogens is 2. The second-order valence-corrected chi connectivity index (χ2v) is 11.0. The van der Waals surface area contributed by atoms with E-state index < -0.39 is 58.6 Å². The van der Waals surface area contributed by atoms with E-state index in [1.54, 1.807) is 48.5 Å². The topological polar surface area (TPSA) is 74.8 Å². The van der Waals surface area contributed by atoms with Crippen molar-refractivity contribution < 1.29 is 19.2 Å². The minimum absolute atomic E-state index is 0.277. The van der Waals surface area contributed by atoms with Crippen LogP contribution < -0.4 is 9.80 Å². The monoisotopic (exact) mass is 542 g/mol. The molecule has 2 aliphatic heterocycles. The van der Waals surface area contributed by atoms with Crippen molar-refractivity contribution in [3.05, 3.63) is 107 Å². The molecule has 5 aliphatic rings. The zero-order valence-electron chi connectivity index (χ0n) is 19.8. The standard InChI is InChI=1S/C30H20Cl2N2O4/c31-18-10-4-6-12-20(18)33-26(35)22-17-14-15-30(24(22)28(33)37,16-8-2-1-3-9-16)25-23(17)27(36)34(29(25)38)21-13-7-5-11-19(21)32/h1-15,17,22-25H/t17?,22-,23+,24-,25+,30?. The second kappa shape index (κ2) is 8.13. The average Bonchev–Trinajstić information content (AvgIpc) is 3.37. The van der Waals surface area contributed by atoms with Crippen molar-refractivity contribution in [1.82, 2.24) is 0 Å². The van der Waals surface area contributed by atoms with Crippen molar-refractivity contribution >= 4 is 58.2 Å². The van der Waals surface area contributed by atoms with E-state index in [0.29, 0.717) is 16.9 Å². The molecular weight excluding hydrogens is 523 g/mol. The van der Waals surface area contributed by atoms with E-state index in [-0.39, 0.29) is 10.0 Å². The molecule has 8 heteroatoms. The molecule has 0 N–H and O–H groups in total. The quantitative estimate of drug-likeness (QED) is 0.343. The van der Waals surface area contributed by atoms with Crippen LogP contribution in [0, 0.1) is 29.6 Å². The van der Waals surface area contributed by atoms with Crippen LogP contribution in [0.15, 0.2) is 91.0 Å². The number of amides is 4. The van der Waals surface area contributed by atoms with E-state index >= 15 is 0 Å². The highest BCUT2D eigenvalue weighted by Gasteiger charge is 2.75. The Labute approximate surface area is 228 Å². The molecule has 2 bridgehead atoms. The Bertz CT molecular complexity index is 1500. The molecule has 3 aromatic rings. The van der Waals surface area contributed by atoms with Gasteiger partial charge in [0.25, 0.3) is 0 Å². The van der Waals surface area contributed by atoms with Crippen LogP contribution in [0.1, 0.15) is 5.56 Å². The van der Waals surface area contributed by atoms with Crippen LogP contribution in [0.5, 0.6) is 0 Å². The number of allylic oxidation sites excluding steroid dienone is 2. The third-order valence-electron chi connectivity index (χ3n) is 8.62. The van der Waals surface area contributed by atoms with E-state index in [0.717, 1.165) is 9.80 Å². The van der Waals surface area contributed by atoms with Crippen LogP contribution in [0.4, 0.5) is 11.4 Å². The third-order valence-corrected chi connectivity index (χ3v) is 9.25. The second-order valence-electron chi connectivity index (χ2n) is 10.2. The Balaban J connectivity index is 1.45. The number of anilines is 2. The van der Waals surface area contributed by atoms with Gasteiger partial charge in [0.2, 0.25) is 23.6 Å². The van der Waals surface area contributed by atoms with Crippen LogP contribution in [-0.4, -0.2) is 23.6 Å². The summed E-state index contributed by atoms with van der Waals surface area (Å²) in [6, 6.07) is 22.6. The minimum atomic E-state index is -1.20. The number of hydrogen-bond acceptors (Lipinski definition) is 4. The molecule has 6 atom stereocenters. The molecule has 2 saturated heterocycles. The van der Waals surface area contributed by atoms with Gasteiger partial charge in [0.05, 0.1) is 45.1 Å². The van der Waals surface area contributed by atoms with Gasteiger partial charge in [-0.15, -0.1) is 0 Å². The fraction of sp³-hybridized carbons (Fsp3) is 0.200. The molecule has 2 unspecified atom stereocenters. The number of nitrogens with zero attached hydrogens (tertiary/aromatic N) is 2. The third kappa shape index (κ3) is 2.79. The van der Waals surface area contributed by atoms with Crippen molar-refractivity contribution in [2.75, 3.05) is 9.80 Å². The van der Waals surface area contributed by atoms with Crippen LogP contribution in [-0.2, 0) is 24.6 Å². The largest absolute Gasteiger partial charge is 0.274 e. The Kier molecular flexibility index (Phi) is 5.00. The molecule has 1 saturated carbocycles. The zero-order chi connectivity index (χ0) is 26.3. The molecule has 3 aromatic carbocycles. The summed E-state index contributed by atoms with van der Waals surface area (Å²) in [6.07, 6.45) is 3.75. The van der Waals surface area contributed by atoms with Gasteiger partial charge in [-0.05, 0) is 29.8 Å². The molecular formula is C30H20Cl2N2O4. The lowest BCUT2D eigenvalue weighted by molar-refractivity contribution is -0.140. The molecule has 0 spiro atoms. The van der Waals surface area contributed by atoms with Gasteiger partial charge < -0.3 is 0 Å². The van der Waals surface area contributed by atoms with Crippen molar-refractivity contribution in [2.24, 2.45) is 29.6 Å². The maximum Gasteiger partial charge on any atom is 0.239 e. The van der Waals surface area contributed by atoms with Crippen molar-refractivity contribution in [3.8, 4) is 0 Å². The van der Waals surface area contributed by atoms with Gasteiger partial charge in [-0.2, -0.15) is 0 Å². The maximum atomic E-state index is 14.2. The molecule has 3 fully saturated rings. The van der Waals surface area contributed by atoms with Gasteiger partial charge in [-0.3, -0.25) is 19.2 Å². The molecule has 4 amide bonds. The highest BCUT2D eigenvalue weighted by Crippen LogP contribution is 2.65. The van der Waals surface area contributed by atoms with Crippen LogP contribution in [0.3, 0.4) is 0 Å². The van der Waals surface area contributed by atoms with Gasteiger partial charge in [-0.25, -0.2) is 9.80 Å². The first-order valence-corrected chi connectivity index (χ1v) is 13.1. The lowest BCUT2D eigenvalue weighted by Gasteiger charge is -2.53. The van der Waals surface area contributed by atoms with Gasteiger partial charge in [0, 0.05) is 11.3 Å². The van der Waals surface area contributed by atoms with Gasteiger partial charge in [0.15, 0.2) is 0 Å². The van der Waals surface area contributed by atoms with Gasteiger partial charge >= 0.3 is 0 Å². The Morgan fingerprint density at radius 3 is 1.50 bits per heavy atom. The molecule has 8 rings (SSSR count). The number of rotatable bonds is 3. The molecule has 6 nitrogen and oxygen atoms in total. The van der Waals surface area contributed by atoms with Crippen molar-refractivity contribution in [2.45, 2.75) is 5.41 Å². The highest BCUT2D eigenvalue weighted by molar-refractivity contribution is 6.37. The van der Waals surface area contributed by atoms with E-state index in [4.69, 9.17) is 23.2 Å². The van der Waals surface area contributed by atoms with Crippen LogP contribution in [0.2, 0.25) is 10.0 Å². The first kappa shape index (κ1) is 23.4. The zero-order valence-corrected chi connectivity index (χ0v) is 21.3. The summed E-state index contributed by atoms with van der Waals surface area (Å²) >= 11 is 12.9. The summed E-state index contributed by atoms with van der Waals surface area (Å²) in [5.41, 5.74) is 0.128. The summed E-state index contributed by atoms with van der Waals surface area (Å²) in [7, 11) is 0.